The summed E-state index contributed by atoms with van der Waals surface area (Å²) in [7, 11) is 1.96. The molecular formula is C14H19N3. The monoisotopic (exact) mass is 229 g/mol. The fourth-order valence-corrected chi connectivity index (χ4v) is 2.13. The Morgan fingerprint density at radius 3 is 3.00 bits per heavy atom. The maximum Gasteiger partial charge on any atom is 0.0870 e. The smallest absolute Gasteiger partial charge is 0.0870 e. The molecule has 0 aliphatic heterocycles. The molecule has 0 saturated carbocycles. The molecule has 1 aromatic heterocycles. The van der Waals surface area contributed by atoms with Crippen LogP contribution in [0.25, 0.3) is 10.9 Å². The van der Waals surface area contributed by atoms with Gasteiger partial charge in [0.05, 0.1) is 11.2 Å². The van der Waals surface area contributed by atoms with E-state index < -0.39 is 0 Å². The first-order valence-corrected chi connectivity index (χ1v) is 6.02. The van der Waals surface area contributed by atoms with Crippen LogP contribution < -0.4 is 5.73 Å². The molecule has 0 radical (unpaired) electrons. The van der Waals surface area contributed by atoms with Crippen molar-refractivity contribution in [2.45, 2.75) is 25.3 Å². The van der Waals surface area contributed by atoms with E-state index in [4.69, 9.17) is 5.73 Å². The lowest BCUT2D eigenvalue weighted by Crippen LogP contribution is -2.11. The molecule has 0 aliphatic rings. The minimum absolute atomic E-state index is 0.0149. The predicted molar refractivity (Wildman–Crippen MR) is 71.7 cm³/mol. The molecule has 1 unspecified atom stereocenters. The van der Waals surface area contributed by atoms with Crippen LogP contribution in [0.5, 0.6) is 0 Å². The van der Waals surface area contributed by atoms with Crippen LogP contribution in [0.2, 0.25) is 0 Å². The molecule has 2 aromatic rings. The van der Waals surface area contributed by atoms with Crippen molar-refractivity contribution >= 4 is 10.9 Å². The van der Waals surface area contributed by atoms with E-state index in [0.717, 1.165) is 30.5 Å². The summed E-state index contributed by atoms with van der Waals surface area (Å²) >= 11 is 0. The van der Waals surface area contributed by atoms with Gasteiger partial charge in [0.15, 0.2) is 0 Å². The number of aryl methyl sites for hydroxylation is 1. The highest BCUT2D eigenvalue weighted by atomic mass is 15.3. The number of hydrogen-bond donors (Lipinski definition) is 1. The van der Waals surface area contributed by atoms with Crippen LogP contribution >= 0.6 is 0 Å². The molecule has 0 fully saturated rings. The third kappa shape index (κ3) is 2.39. The Morgan fingerprint density at radius 2 is 2.24 bits per heavy atom. The highest BCUT2D eigenvalue weighted by molar-refractivity contribution is 5.82. The van der Waals surface area contributed by atoms with Crippen LogP contribution in [0.1, 0.15) is 31.0 Å². The summed E-state index contributed by atoms with van der Waals surface area (Å²) in [5, 5.41) is 5.70. The summed E-state index contributed by atoms with van der Waals surface area (Å²) in [6.07, 6.45) is 4.96. The van der Waals surface area contributed by atoms with Crippen LogP contribution in [0.3, 0.4) is 0 Å². The molecule has 3 nitrogen and oxygen atoms in total. The van der Waals surface area contributed by atoms with Gasteiger partial charge < -0.3 is 5.73 Å². The van der Waals surface area contributed by atoms with E-state index in [2.05, 4.69) is 23.8 Å². The standard InChI is InChI=1S/C14H19N3/c1-3-4-5-9-12(15)14-11-8-6-7-10-13(11)17(2)16-14/h3,6-8,10,12H,1,4-5,9,15H2,2H3. The summed E-state index contributed by atoms with van der Waals surface area (Å²) in [5.41, 5.74) is 8.35. The molecule has 2 rings (SSSR count). The highest BCUT2D eigenvalue weighted by Gasteiger charge is 2.14. The topological polar surface area (TPSA) is 43.8 Å². The van der Waals surface area contributed by atoms with E-state index >= 15 is 0 Å². The predicted octanol–water partition coefficient (Wildman–Crippen LogP) is 2.93. The van der Waals surface area contributed by atoms with Gasteiger partial charge >= 0.3 is 0 Å². The van der Waals surface area contributed by atoms with E-state index in [1.54, 1.807) is 0 Å². The van der Waals surface area contributed by atoms with Crippen LogP contribution in [0, 0.1) is 0 Å². The second kappa shape index (κ2) is 5.15. The SMILES string of the molecule is C=CCCCC(N)c1nn(C)c2ccccc12. The summed E-state index contributed by atoms with van der Waals surface area (Å²) in [4.78, 5) is 0. The Balaban J connectivity index is 2.25. The van der Waals surface area contributed by atoms with Gasteiger partial charge in [0, 0.05) is 18.5 Å². The van der Waals surface area contributed by atoms with Gasteiger partial charge in [0.2, 0.25) is 0 Å². The number of rotatable bonds is 5. The number of fused-ring (bicyclic) bond motifs is 1. The molecular weight excluding hydrogens is 210 g/mol. The molecule has 0 aliphatic carbocycles. The Morgan fingerprint density at radius 1 is 1.47 bits per heavy atom. The summed E-state index contributed by atoms with van der Waals surface area (Å²) in [6.45, 7) is 3.72. The second-order valence-electron chi connectivity index (χ2n) is 4.35. The summed E-state index contributed by atoms with van der Waals surface area (Å²) < 4.78 is 1.90. The number of unbranched alkanes of at least 4 members (excludes halogenated alkanes) is 1. The minimum Gasteiger partial charge on any atom is -0.323 e. The molecule has 1 heterocycles. The average Bonchev–Trinajstić information content (AvgIpc) is 2.68. The lowest BCUT2D eigenvalue weighted by molar-refractivity contribution is 0.593. The summed E-state index contributed by atoms with van der Waals surface area (Å²) in [5.74, 6) is 0. The number of para-hydroxylation sites is 1. The van der Waals surface area contributed by atoms with E-state index in [0.29, 0.717) is 0 Å². The van der Waals surface area contributed by atoms with Crippen LogP contribution in [0.15, 0.2) is 36.9 Å². The quantitative estimate of drug-likeness (QED) is 0.633. The van der Waals surface area contributed by atoms with Crippen LogP contribution in [-0.4, -0.2) is 9.78 Å². The van der Waals surface area contributed by atoms with Crippen molar-refractivity contribution in [2.24, 2.45) is 12.8 Å². The first-order valence-electron chi connectivity index (χ1n) is 6.02. The van der Waals surface area contributed by atoms with E-state index in [9.17, 15) is 0 Å². The Labute approximate surface area is 102 Å². The lowest BCUT2D eigenvalue weighted by Gasteiger charge is -2.08. The third-order valence-corrected chi connectivity index (χ3v) is 3.06. The molecule has 2 N–H and O–H groups in total. The van der Waals surface area contributed by atoms with E-state index in [1.165, 1.54) is 5.39 Å². The molecule has 17 heavy (non-hydrogen) atoms. The number of benzene rings is 1. The molecule has 1 aromatic carbocycles. The third-order valence-electron chi connectivity index (χ3n) is 3.06. The molecule has 0 bridgehead atoms. The molecule has 1 atom stereocenters. The van der Waals surface area contributed by atoms with Gasteiger partial charge in [-0.1, -0.05) is 24.3 Å². The van der Waals surface area contributed by atoms with Crippen molar-refractivity contribution in [3.8, 4) is 0 Å². The van der Waals surface area contributed by atoms with Crippen molar-refractivity contribution in [3.05, 3.63) is 42.6 Å². The van der Waals surface area contributed by atoms with Gasteiger partial charge in [-0.25, -0.2) is 0 Å². The lowest BCUT2D eigenvalue weighted by atomic mass is 10.0. The van der Waals surface area contributed by atoms with Gasteiger partial charge in [0.25, 0.3) is 0 Å². The van der Waals surface area contributed by atoms with Crippen molar-refractivity contribution in [2.75, 3.05) is 0 Å². The molecule has 3 heteroatoms. The van der Waals surface area contributed by atoms with Crippen molar-refractivity contribution in [1.82, 2.24) is 9.78 Å². The molecule has 0 amide bonds. The fraction of sp³-hybridized carbons (Fsp3) is 0.357. The molecule has 90 valence electrons. The highest BCUT2D eigenvalue weighted by Crippen LogP contribution is 2.24. The zero-order valence-corrected chi connectivity index (χ0v) is 10.3. The fourth-order valence-electron chi connectivity index (χ4n) is 2.13. The van der Waals surface area contributed by atoms with Crippen molar-refractivity contribution in [1.29, 1.82) is 0 Å². The number of aromatic nitrogens is 2. The molecule has 0 spiro atoms. The van der Waals surface area contributed by atoms with E-state index in [-0.39, 0.29) is 6.04 Å². The van der Waals surface area contributed by atoms with Crippen LogP contribution in [0.4, 0.5) is 0 Å². The largest absolute Gasteiger partial charge is 0.323 e. The summed E-state index contributed by atoms with van der Waals surface area (Å²) in [6, 6.07) is 8.23. The maximum absolute atomic E-state index is 6.21. The average molecular weight is 229 g/mol. The van der Waals surface area contributed by atoms with Gasteiger partial charge in [-0.2, -0.15) is 5.10 Å². The maximum atomic E-state index is 6.21. The van der Waals surface area contributed by atoms with Gasteiger partial charge in [-0.3, -0.25) is 4.68 Å². The van der Waals surface area contributed by atoms with Gasteiger partial charge in [0.1, 0.15) is 0 Å². The van der Waals surface area contributed by atoms with Crippen molar-refractivity contribution < 1.29 is 0 Å². The number of nitrogens with zero attached hydrogens (tertiary/aromatic N) is 2. The Kier molecular flexibility index (Phi) is 3.59. The van der Waals surface area contributed by atoms with Crippen LogP contribution in [-0.2, 0) is 7.05 Å². The van der Waals surface area contributed by atoms with E-state index in [1.807, 2.05) is 29.9 Å². The zero-order valence-electron chi connectivity index (χ0n) is 10.3. The van der Waals surface area contributed by atoms with Crippen molar-refractivity contribution in [3.63, 3.8) is 0 Å². The molecule has 0 saturated heterocycles. The normalized spacial score (nSPS) is 12.8. The first-order chi connectivity index (χ1) is 8.24. The zero-order chi connectivity index (χ0) is 12.3. The Hall–Kier alpha value is -1.61. The number of allylic oxidation sites excluding steroid dienone is 1. The number of nitrogens with two attached hydrogens (primary N) is 1. The van der Waals surface area contributed by atoms with Gasteiger partial charge in [-0.15, -0.1) is 6.58 Å². The second-order valence-corrected chi connectivity index (χ2v) is 4.35. The number of hydrogen-bond acceptors (Lipinski definition) is 2. The first kappa shape index (κ1) is 11.9. The minimum atomic E-state index is 0.0149. The Bertz CT molecular complexity index is 513. The van der Waals surface area contributed by atoms with Gasteiger partial charge in [-0.05, 0) is 25.3 Å².